The van der Waals surface area contributed by atoms with Crippen LogP contribution in [0.15, 0.2) is 46.5 Å². The number of benzene rings is 1. The number of carbonyl (C=O) groups excluding carboxylic acids is 1. The lowest BCUT2D eigenvalue weighted by molar-refractivity contribution is 0.102. The predicted octanol–water partition coefficient (Wildman–Crippen LogP) is 5.09. The van der Waals surface area contributed by atoms with E-state index in [2.05, 4.69) is 5.32 Å². The summed E-state index contributed by atoms with van der Waals surface area (Å²) in [5.41, 5.74) is 1.44. The summed E-state index contributed by atoms with van der Waals surface area (Å²) in [5, 5.41) is 4.02. The van der Waals surface area contributed by atoms with Gasteiger partial charge in [-0.05, 0) is 44.2 Å². The predicted molar refractivity (Wildman–Crippen MR) is 81.6 cm³/mol. The molecule has 0 fully saturated rings. The second-order valence-corrected chi connectivity index (χ2v) is 5.17. The number of furan rings is 1. The van der Waals surface area contributed by atoms with Gasteiger partial charge in [-0.3, -0.25) is 4.79 Å². The van der Waals surface area contributed by atoms with Crippen LogP contribution in [0.4, 0.5) is 5.69 Å². The normalized spacial score (nSPS) is 11.5. The molecule has 0 aliphatic rings. The molecule has 2 aromatic rings. The minimum absolute atomic E-state index is 0.192. The van der Waals surface area contributed by atoms with Gasteiger partial charge in [0.2, 0.25) is 5.78 Å². The summed E-state index contributed by atoms with van der Waals surface area (Å²) in [6.07, 6.45) is 1.47. The Kier molecular flexibility index (Phi) is 4.53. The third kappa shape index (κ3) is 3.65. The van der Waals surface area contributed by atoms with Crippen LogP contribution >= 0.6 is 23.2 Å². The molecule has 0 radical (unpaired) electrons. The summed E-state index contributed by atoms with van der Waals surface area (Å²) in [4.78, 5) is 11.9. The lowest BCUT2D eigenvalue weighted by Gasteiger charge is -2.07. The summed E-state index contributed by atoms with van der Waals surface area (Å²) < 4.78 is 5.27. The summed E-state index contributed by atoms with van der Waals surface area (Å²) in [6.45, 7) is 3.58. The van der Waals surface area contributed by atoms with Gasteiger partial charge in [-0.1, -0.05) is 23.2 Å². The van der Waals surface area contributed by atoms with Crippen molar-refractivity contribution < 1.29 is 9.21 Å². The first-order valence-electron chi connectivity index (χ1n) is 5.97. The van der Waals surface area contributed by atoms with Crippen LogP contribution in [0.25, 0.3) is 0 Å². The molecule has 1 heterocycles. The van der Waals surface area contributed by atoms with Crippen LogP contribution in [0.3, 0.4) is 0 Å². The number of hydrogen-bond acceptors (Lipinski definition) is 3. The van der Waals surface area contributed by atoms with E-state index in [1.165, 1.54) is 6.08 Å². The lowest BCUT2D eigenvalue weighted by Crippen LogP contribution is -2.00. The second-order valence-electron chi connectivity index (χ2n) is 4.36. The van der Waals surface area contributed by atoms with Crippen LogP contribution in [0.2, 0.25) is 10.0 Å². The third-order valence-electron chi connectivity index (χ3n) is 2.59. The average Bonchev–Trinajstić information content (AvgIpc) is 2.80. The van der Waals surface area contributed by atoms with E-state index < -0.39 is 0 Å². The van der Waals surface area contributed by atoms with Gasteiger partial charge in [0.25, 0.3) is 0 Å². The van der Waals surface area contributed by atoms with Gasteiger partial charge in [0.05, 0.1) is 10.0 Å². The standard InChI is InChI=1S/C15H13Cl2NO2/c1-9(7-14(19)15-6-3-10(2)20-15)18-11-4-5-12(16)13(17)8-11/h3-8,18H,1-2H3/b9-7+. The zero-order chi connectivity index (χ0) is 14.7. The summed E-state index contributed by atoms with van der Waals surface area (Å²) >= 11 is 11.8. The lowest BCUT2D eigenvalue weighted by atomic mass is 10.2. The Morgan fingerprint density at radius 1 is 1.20 bits per heavy atom. The Morgan fingerprint density at radius 3 is 2.55 bits per heavy atom. The van der Waals surface area contributed by atoms with E-state index in [0.717, 1.165) is 5.69 Å². The fraction of sp³-hybridized carbons (Fsp3) is 0.133. The number of allylic oxidation sites excluding steroid dienone is 2. The minimum Gasteiger partial charge on any atom is -0.458 e. The van der Waals surface area contributed by atoms with Crippen LogP contribution < -0.4 is 5.32 Å². The molecule has 104 valence electrons. The maximum absolute atomic E-state index is 11.9. The van der Waals surface area contributed by atoms with Crippen LogP contribution in [0.5, 0.6) is 0 Å². The highest BCUT2D eigenvalue weighted by molar-refractivity contribution is 6.42. The quantitative estimate of drug-likeness (QED) is 0.631. The molecule has 2 rings (SSSR count). The molecule has 20 heavy (non-hydrogen) atoms. The molecule has 1 aromatic carbocycles. The van der Waals surface area contributed by atoms with Gasteiger partial charge in [0.1, 0.15) is 5.76 Å². The zero-order valence-electron chi connectivity index (χ0n) is 11.0. The number of halogens is 2. The van der Waals surface area contributed by atoms with Crippen molar-refractivity contribution in [2.24, 2.45) is 0 Å². The van der Waals surface area contributed by atoms with Gasteiger partial charge in [0.15, 0.2) is 5.76 Å². The Bertz CT molecular complexity index is 674. The van der Waals surface area contributed by atoms with Gasteiger partial charge in [0, 0.05) is 17.5 Å². The Hall–Kier alpha value is -1.71. The highest BCUT2D eigenvalue weighted by atomic mass is 35.5. The van der Waals surface area contributed by atoms with Crippen molar-refractivity contribution in [1.82, 2.24) is 0 Å². The fourth-order valence-electron chi connectivity index (χ4n) is 1.67. The fourth-order valence-corrected chi connectivity index (χ4v) is 1.97. The van der Waals surface area contributed by atoms with Crippen LogP contribution in [0, 0.1) is 6.92 Å². The van der Waals surface area contributed by atoms with Crippen molar-refractivity contribution in [2.45, 2.75) is 13.8 Å². The number of hydrogen-bond donors (Lipinski definition) is 1. The smallest absolute Gasteiger partial charge is 0.222 e. The number of rotatable bonds is 4. The average molecular weight is 310 g/mol. The van der Waals surface area contributed by atoms with Gasteiger partial charge in [-0.2, -0.15) is 0 Å². The van der Waals surface area contributed by atoms with Crippen molar-refractivity contribution in [3.8, 4) is 0 Å². The molecular weight excluding hydrogens is 297 g/mol. The maximum atomic E-state index is 11.9. The number of ketones is 1. The Labute approximate surface area is 127 Å². The zero-order valence-corrected chi connectivity index (χ0v) is 12.5. The number of carbonyl (C=O) groups is 1. The van der Waals surface area contributed by atoms with Gasteiger partial charge < -0.3 is 9.73 Å². The molecule has 5 heteroatoms. The highest BCUT2D eigenvalue weighted by Gasteiger charge is 2.08. The van der Waals surface area contributed by atoms with Crippen molar-refractivity contribution >= 4 is 34.7 Å². The first kappa shape index (κ1) is 14.7. The van der Waals surface area contributed by atoms with E-state index >= 15 is 0 Å². The molecule has 0 spiro atoms. The minimum atomic E-state index is -0.192. The molecule has 0 saturated heterocycles. The van der Waals surface area contributed by atoms with E-state index in [1.54, 1.807) is 44.2 Å². The van der Waals surface area contributed by atoms with E-state index in [0.29, 0.717) is 27.3 Å². The maximum Gasteiger partial charge on any atom is 0.222 e. The largest absolute Gasteiger partial charge is 0.458 e. The van der Waals surface area contributed by atoms with E-state index in [4.69, 9.17) is 27.6 Å². The molecule has 0 aliphatic carbocycles. The number of aryl methyl sites for hydroxylation is 1. The highest BCUT2D eigenvalue weighted by Crippen LogP contribution is 2.25. The third-order valence-corrected chi connectivity index (χ3v) is 3.33. The van der Waals surface area contributed by atoms with Crippen LogP contribution in [0.1, 0.15) is 23.2 Å². The molecule has 1 N–H and O–H groups in total. The first-order chi connectivity index (χ1) is 9.45. The first-order valence-corrected chi connectivity index (χ1v) is 6.72. The van der Waals surface area contributed by atoms with Crippen molar-refractivity contribution in [3.63, 3.8) is 0 Å². The topological polar surface area (TPSA) is 42.2 Å². The van der Waals surface area contributed by atoms with Gasteiger partial charge in [-0.25, -0.2) is 0 Å². The molecular formula is C15H13Cl2NO2. The van der Waals surface area contributed by atoms with E-state index in [9.17, 15) is 4.79 Å². The molecule has 0 saturated carbocycles. The van der Waals surface area contributed by atoms with Crippen molar-refractivity contribution in [2.75, 3.05) is 5.32 Å². The van der Waals surface area contributed by atoms with Crippen molar-refractivity contribution in [3.05, 3.63) is 63.7 Å². The van der Waals surface area contributed by atoms with Gasteiger partial charge >= 0.3 is 0 Å². The van der Waals surface area contributed by atoms with Crippen molar-refractivity contribution in [1.29, 1.82) is 0 Å². The van der Waals surface area contributed by atoms with Crippen LogP contribution in [-0.2, 0) is 0 Å². The van der Waals surface area contributed by atoms with Crippen LogP contribution in [-0.4, -0.2) is 5.78 Å². The number of anilines is 1. The molecule has 0 atom stereocenters. The molecule has 0 unspecified atom stereocenters. The summed E-state index contributed by atoms with van der Waals surface area (Å²) in [5.74, 6) is 0.831. The molecule has 1 aromatic heterocycles. The van der Waals surface area contributed by atoms with Gasteiger partial charge in [-0.15, -0.1) is 0 Å². The van der Waals surface area contributed by atoms with E-state index in [-0.39, 0.29) is 5.78 Å². The Balaban J connectivity index is 2.10. The SMILES string of the molecule is C/C(=C\C(=O)c1ccc(C)o1)Nc1ccc(Cl)c(Cl)c1. The molecule has 3 nitrogen and oxygen atoms in total. The molecule has 0 amide bonds. The molecule has 0 aliphatic heterocycles. The second kappa shape index (κ2) is 6.16. The summed E-state index contributed by atoms with van der Waals surface area (Å²) in [6, 6.07) is 8.58. The van der Waals surface area contributed by atoms with E-state index in [1.807, 2.05) is 0 Å². The Morgan fingerprint density at radius 2 is 1.95 bits per heavy atom. The monoisotopic (exact) mass is 309 g/mol. The molecule has 0 bridgehead atoms. The summed E-state index contributed by atoms with van der Waals surface area (Å²) in [7, 11) is 0. The number of nitrogens with one attached hydrogen (secondary N) is 1.